The fourth-order valence-corrected chi connectivity index (χ4v) is 2.50. The van der Waals surface area contributed by atoms with Crippen LogP contribution in [0, 0.1) is 0 Å². The van der Waals surface area contributed by atoms with E-state index in [9.17, 15) is 5.11 Å². The number of rotatable bonds is 4. The molecule has 1 aromatic heterocycles. The highest BCUT2D eigenvalue weighted by molar-refractivity contribution is 5.63. The molecule has 3 nitrogen and oxygen atoms in total. The van der Waals surface area contributed by atoms with Crippen molar-refractivity contribution in [3.05, 3.63) is 77.5 Å². The molecule has 1 heterocycles. The summed E-state index contributed by atoms with van der Waals surface area (Å²) < 4.78 is 0. The van der Waals surface area contributed by atoms with Crippen molar-refractivity contribution < 1.29 is 5.11 Å². The fraction of sp³-hybridized carbons (Fsp3) is 0.167. The maximum Gasteiger partial charge on any atom is 0.108 e. The summed E-state index contributed by atoms with van der Waals surface area (Å²) in [6.07, 6.45) is 1.98. The van der Waals surface area contributed by atoms with Crippen LogP contribution in [0.4, 0.5) is 0 Å². The fourth-order valence-electron chi connectivity index (χ4n) is 2.50. The normalized spacial score (nSPS) is 12.3. The number of nitrogens with zero attached hydrogens (tertiary/aromatic N) is 1. The third kappa shape index (κ3) is 2.73. The monoisotopic (exact) mass is 278 g/mol. The SMILES string of the molecule is CCc1cccc(C(O)c2cn[nH]c2-c2ccccc2)c1. The molecule has 0 radical (unpaired) electrons. The third-order valence-corrected chi connectivity index (χ3v) is 3.70. The van der Waals surface area contributed by atoms with Gasteiger partial charge in [0.25, 0.3) is 0 Å². The first-order chi connectivity index (χ1) is 10.3. The number of aliphatic hydroxyl groups is 1. The van der Waals surface area contributed by atoms with Crippen LogP contribution in [-0.2, 0) is 6.42 Å². The van der Waals surface area contributed by atoms with Crippen LogP contribution >= 0.6 is 0 Å². The van der Waals surface area contributed by atoms with Gasteiger partial charge in [-0.2, -0.15) is 5.10 Å². The molecule has 2 N–H and O–H groups in total. The zero-order valence-electron chi connectivity index (χ0n) is 12.0. The molecule has 0 aliphatic carbocycles. The quantitative estimate of drug-likeness (QED) is 0.764. The number of hydrogen-bond donors (Lipinski definition) is 2. The molecule has 0 saturated carbocycles. The smallest absolute Gasteiger partial charge is 0.108 e. The molecular weight excluding hydrogens is 260 g/mol. The topological polar surface area (TPSA) is 48.9 Å². The van der Waals surface area contributed by atoms with Crippen molar-refractivity contribution in [2.75, 3.05) is 0 Å². The second kappa shape index (κ2) is 5.94. The van der Waals surface area contributed by atoms with Crippen molar-refractivity contribution in [2.45, 2.75) is 19.4 Å². The van der Waals surface area contributed by atoms with E-state index in [0.717, 1.165) is 28.8 Å². The summed E-state index contributed by atoms with van der Waals surface area (Å²) in [5, 5.41) is 17.8. The molecule has 3 rings (SSSR count). The first-order valence-corrected chi connectivity index (χ1v) is 7.15. The molecule has 0 amide bonds. The standard InChI is InChI=1S/C18H18N2O/c1-2-13-7-6-10-15(11-13)18(21)16-12-19-20-17(16)14-8-4-3-5-9-14/h3-12,18,21H,2H2,1H3,(H,19,20). The Labute approximate surface area is 124 Å². The van der Waals surface area contributed by atoms with Crippen LogP contribution in [-0.4, -0.2) is 15.3 Å². The summed E-state index contributed by atoms with van der Waals surface area (Å²) in [6, 6.07) is 18.0. The number of H-pyrrole nitrogens is 1. The van der Waals surface area contributed by atoms with E-state index in [1.165, 1.54) is 5.56 Å². The average Bonchev–Trinajstić information content (AvgIpc) is 3.04. The molecule has 0 fully saturated rings. The van der Waals surface area contributed by atoms with E-state index >= 15 is 0 Å². The van der Waals surface area contributed by atoms with E-state index in [-0.39, 0.29) is 0 Å². The van der Waals surface area contributed by atoms with Crippen LogP contribution in [0.2, 0.25) is 0 Å². The molecular formula is C18H18N2O. The highest BCUT2D eigenvalue weighted by Gasteiger charge is 2.17. The van der Waals surface area contributed by atoms with Gasteiger partial charge in [-0.15, -0.1) is 0 Å². The maximum atomic E-state index is 10.7. The molecule has 3 aromatic rings. The van der Waals surface area contributed by atoms with E-state index in [2.05, 4.69) is 23.2 Å². The Balaban J connectivity index is 1.99. The molecule has 0 aliphatic rings. The van der Waals surface area contributed by atoms with Gasteiger partial charge in [-0.3, -0.25) is 5.10 Å². The summed E-state index contributed by atoms with van der Waals surface area (Å²) in [5.41, 5.74) is 4.80. The Morgan fingerprint density at radius 2 is 1.90 bits per heavy atom. The summed E-state index contributed by atoms with van der Waals surface area (Å²) in [6.45, 7) is 2.11. The van der Waals surface area contributed by atoms with Gasteiger partial charge in [-0.25, -0.2) is 0 Å². The highest BCUT2D eigenvalue weighted by Crippen LogP contribution is 2.30. The lowest BCUT2D eigenvalue weighted by atomic mass is 9.97. The number of aromatic amines is 1. The van der Waals surface area contributed by atoms with Crippen LogP contribution in [0.5, 0.6) is 0 Å². The maximum absolute atomic E-state index is 10.7. The van der Waals surface area contributed by atoms with Gasteiger partial charge in [0.2, 0.25) is 0 Å². The number of aliphatic hydroxyl groups excluding tert-OH is 1. The molecule has 0 saturated heterocycles. The number of aryl methyl sites for hydroxylation is 1. The molecule has 106 valence electrons. The zero-order valence-corrected chi connectivity index (χ0v) is 12.0. The van der Waals surface area contributed by atoms with Crippen LogP contribution in [0.25, 0.3) is 11.3 Å². The van der Waals surface area contributed by atoms with E-state index in [0.29, 0.717) is 0 Å². The highest BCUT2D eigenvalue weighted by atomic mass is 16.3. The number of benzene rings is 2. The minimum Gasteiger partial charge on any atom is -0.384 e. The molecule has 0 aliphatic heterocycles. The molecule has 0 spiro atoms. The summed E-state index contributed by atoms with van der Waals surface area (Å²) in [5.74, 6) is 0. The lowest BCUT2D eigenvalue weighted by molar-refractivity contribution is 0.221. The lowest BCUT2D eigenvalue weighted by Crippen LogP contribution is -2.01. The summed E-state index contributed by atoms with van der Waals surface area (Å²) in [4.78, 5) is 0. The van der Waals surface area contributed by atoms with Crippen LogP contribution in [0.3, 0.4) is 0 Å². The van der Waals surface area contributed by atoms with Crippen molar-refractivity contribution in [3.8, 4) is 11.3 Å². The van der Waals surface area contributed by atoms with E-state index in [1.54, 1.807) is 6.20 Å². The second-order valence-electron chi connectivity index (χ2n) is 5.07. The molecule has 1 unspecified atom stereocenters. The minimum absolute atomic E-state index is 0.676. The molecule has 21 heavy (non-hydrogen) atoms. The molecule has 2 aromatic carbocycles. The second-order valence-corrected chi connectivity index (χ2v) is 5.07. The van der Waals surface area contributed by atoms with E-state index in [1.807, 2.05) is 48.5 Å². The van der Waals surface area contributed by atoms with Crippen molar-refractivity contribution in [2.24, 2.45) is 0 Å². The largest absolute Gasteiger partial charge is 0.384 e. The van der Waals surface area contributed by atoms with Crippen molar-refractivity contribution in [1.82, 2.24) is 10.2 Å². The summed E-state index contributed by atoms with van der Waals surface area (Å²) >= 11 is 0. The molecule has 0 bridgehead atoms. The molecule has 3 heteroatoms. The van der Waals surface area contributed by atoms with Crippen LogP contribution in [0.1, 0.15) is 29.7 Å². The van der Waals surface area contributed by atoms with E-state index < -0.39 is 6.10 Å². The van der Waals surface area contributed by atoms with Gasteiger partial charge in [0, 0.05) is 5.56 Å². The van der Waals surface area contributed by atoms with Gasteiger partial charge in [0.1, 0.15) is 6.10 Å². The average molecular weight is 278 g/mol. The number of aromatic nitrogens is 2. The van der Waals surface area contributed by atoms with Gasteiger partial charge in [-0.05, 0) is 23.1 Å². The minimum atomic E-state index is -0.676. The van der Waals surface area contributed by atoms with Gasteiger partial charge >= 0.3 is 0 Å². The first kappa shape index (κ1) is 13.6. The molecule has 1 atom stereocenters. The summed E-state index contributed by atoms with van der Waals surface area (Å²) in [7, 11) is 0. The number of hydrogen-bond acceptors (Lipinski definition) is 2. The number of nitrogens with one attached hydrogen (secondary N) is 1. The van der Waals surface area contributed by atoms with Crippen molar-refractivity contribution >= 4 is 0 Å². The van der Waals surface area contributed by atoms with Crippen LogP contribution < -0.4 is 0 Å². The Morgan fingerprint density at radius 3 is 2.67 bits per heavy atom. The van der Waals surface area contributed by atoms with Gasteiger partial charge in [-0.1, -0.05) is 61.5 Å². The van der Waals surface area contributed by atoms with Gasteiger partial charge < -0.3 is 5.11 Å². The third-order valence-electron chi connectivity index (χ3n) is 3.70. The van der Waals surface area contributed by atoms with E-state index in [4.69, 9.17) is 0 Å². The van der Waals surface area contributed by atoms with Gasteiger partial charge in [0.15, 0.2) is 0 Å². The first-order valence-electron chi connectivity index (χ1n) is 7.15. The Morgan fingerprint density at radius 1 is 1.10 bits per heavy atom. The zero-order chi connectivity index (χ0) is 14.7. The Bertz CT molecular complexity index is 719. The van der Waals surface area contributed by atoms with Crippen molar-refractivity contribution in [3.63, 3.8) is 0 Å². The Hall–Kier alpha value is -2.39. The lowest BCUT2D eigenvalue weighted by Gasteiger charge is -2.13. The predicted octanol–water partition coefficient (Wildman–Crippen LogP) is 3.72. The Kier molecular flexibility index (Phi) is 3.84. The van der Waals surface area contributed by atoms with Crippen molar-refractivity contribution in [1.29, 1.82) is 0 Å². The predicted molar refractivity (Wildman–Crippen MR) is 83.9 cm³/mol. The van der Waals surface area contributed by atoms with Crippen LogP contribution in [0.15, 0.2) is 60.8 Å². The van der Waals surface area contributed by atoms with Gasteiger partial charge in [0.05, 0.1) is 11.9 Å².